The Morgan fingerprint density at radius 3 is 1.90 bits per heavy atom. The van der Waals surface area contributed by atoms with Crippen LogP contribution in [0.5, 0.6) is 5.75 Å². The van der Waals surface area contributed by atoms with Gasteiger partial charge in [-0.25, -0.2) is 4.79 Å². The number of carbonyl (C=O) groups is 6. The molecule has 14 N–H and O–H groups in total. The second-order valence-corrected chi connectivity index (χ2v) is 9.05. The van der Waals surface area contributed by atoms with E-state index < -0.39 is 66.2 Å². The van der Waals surface area contributed by atoms with Crippen LogP contribution in [0.3, 0.4) is 0 Å². The molecule has 4 atom stereocenters. The van der Waals surface area contributed by atoms with Gasteiger partial charge < -0.3 is 54.2 Å². The lowest BCUT2D eigenvalue weighted by molar-refractivity contribution is -0.147. The van der Waals surface area contributed by atoms with Crippen LogP contribution >= 0.6 is 0 Å². The maximum Gasteiger partial charge on any atom is 0.326 e. The molecule has 4 amide bonds. The second-order valence-electron chi connectivity index (χ2n) is 9.05. The molecule has 0 aliphatic rings. The van der Waals surface area contributed by atoms with Crippen molar-refractivity contribution in [3.8, 4) is 5.75 Å². The quantitative estimate of drug-likeness (QED) is 0.0461. The lowest BCUT2D eigenvalue weighted by Crippen LogP contribution is -2.57. The van der Waals surface area contributed by atoms with Crippen molar-refractivity contribution < 1.29 is 44.1 Å². The van der Waals surface area contributed by atoms with Gasteiger partial charge in [0.15, 0.2) is 5.96 Å². The van der Waals surface area contributed by atoms with Crippen molar-refractivity contribution >= 4 is 41.5 Å². The standard InChI is InChI=1S/C24H36N8O9/c25-14(7-8-18(26)34)20(37)31-16(10-12-3-5-13(33)6-4-12)22(39)30-15(2-1-9-29-24(27)28)21(38)32-17(23(40)41)11-19(35)36/h3-6,14-17,33H,1-2,7-11,25H2,(H2,26,34)(H,30,39)(H,31,37)(H,32,38)(H,35,36)(H,40,41)(H4,27,28,29). The summed E-state index contributed by atoms with van der Waals surface area (Å²) in [5.41, 5.74) is 22.0. The number of aromatic hydroxyl groups is 1. The number of carboxylic acids is 2. The monoisotopic (exact) mass is 580 g/mol. The first-order valence-electron chi connectivity index (χ1n) is 12.4. The van der Waals surface area contributed by atoms with Crippen molar-refractivity contribution in [2.75, 3.05) is 6.54 Å². The minimum absolute atomic E-state index is 0.0425. The number of nitrogens with one attached hydrogen (secondary N) is 3. The Morgan fingerprint density at radius 1 is 0.805 bits per heavy atom. The molecule has 0 spiro atoms. The zero-order valence-electron chi connectivity index (χ0n) is 22.1. The Balaban J connectivity index is 3.20. The van der Waals surface area contributed by atoms with E-state index in [1.54, 1.807) is 0 Å². The summed E-state index contributed by atoms with van der Waals surface area (Å²) in [7, 11) is 0. The van der Waals surface area contributed by atoms with Crippen LogP contribution in [0.15, 0.2) is 29.3 Å². The fourth-order valence-corrected chi connectivity index (χ4v) is 3.48. The first kappa shape index (κ1) is 34.1. The average Bonchev–Trinajstić information content (AvgIpc) is 2.88. The topological polar surface area (TPSA) is 316 Å². The number of benzene rings is 1. The fraction of sp³-hybridized carbons (Fsp3) is 0.458. The molecular weight excluding hydrogens is 544 g/mol. The number of guanidine groups is 1. The Hall–Kier alpha value is -4.93. The normalized spacial score (nSPS) is 13.5. The molecule has 0 aliphatic carbocycles. The molecule has 17 heteroatoms. The van der Waals surface area contributed by atoms with Crippen LogP contribution < -0.4 is 38.9 Å². The van der Waals surface area contributed by atoms with E-state index in [0.717, 1.165) is 0 Å². The molecule has 4 unspecified atom stereocenters. The fourth-order valence-electron chi connectivity index (χ4n) is 3.48. The van der Waals surface area contributed by atoms with E-state index in [9.17, 15) is 39.0 Å². The number of hydrogen-bond donors (Lipinski definition) is 10. The van der Waals surface area contributed by atoms with Gasteiger partial charge in [-0.15, -0.1) is 0 Å². The molecule has 1 aromatic carbocycles. The molecule has 226 valence electrons. The van der Waals surface area contributed by atoms with Crippen LogP contribution in [0, 0.1) is 0 Å². The number of carbonyl (C=O) groups excluding carboxylic acids is 4. The highest BCUT2D eigenvalue weighted by Gasteiger charge is 2.31. The molecule has 0 aromatic heterocycles. The maximum absolute atomic E-state index is 13.3. The van der Waals surface area contributed by atoms with E-state index >= 15 is 0 Å². The minimum Gasteiger partial charge on any atom is -0.508 e. The van der Waals surface area contributed by atoms with Gasteiger partial charge in [0.1, 0.15) is 23.9 Å². The largest absolute Gasteiger partial charge is 0.508 e. The van der Waals surface area contributed by atoms with Crippen molar-refractivity contribution in [1.29, 1.82) is 0 Å². The lowest BCUT2D eigenvalue weighted by Gasteiger charge is -2.25. The van der Waals surface area contributed by atoms with Gasteiger partial charge in [-0.1, -0.05) is 12.1 Å². The van der Waals surface area contributed by atoms with E-state index in [4.69, 9.17) is 28.0 Å². The van der Waals surface area contributed by atoms with Gasteiger partial charge in [-0.2, -0.15) is 0 Å². The number of nitrogens with zero attached hydrogens (tertiary/aromatic N) is 1. The van der Waals surface area contributed by atoms with Crippen molar-refractivity contribution in [3.05, 3.63) is 29.8 Å². The van der Waals surface area contributed by atoms with E-state index in [0.29, 0.717) is 5.56 Å². The summed E-state index contributed by atoms with van der Waals surface area (Å²) in [5, 5.41) is 34.8. The van der Waals surface area contributed by atoms with Crippen LogP contribution in [0.4, 0.5) is 0 Å². The SMILES string of the molecule is NC(=O)CCC(N)C(=O)NC(Cc1ccc(O)cc1)C(=O)NC(CCCN=C(N)N)C(=O)NC(CC(=O)O)C(=O)O. The van der Waals surface area contributed by atoms with Crippen LogP contribution in [0.25, 0.3) is 0 Å². The Bertz CT molecular complexity index is 1120. The van der Waals surface area contributed by atoms with Gasteiger partial charge in [0, 0.05) is 19.4 Å². The zero-order valence-corrected chi connectivity index (χ0v) is 22.1. The third kappa shape index (κ3) is 13.6. The highest BCUT2D eigenvalue weighted by Crippen LogP contribution is 2.12. The predicted molar refractivity (Wildman–Crippen MR) is 144 cm³/mol. The highest BCUT2D eigenvalue weighted by atomic mass is 16.4. The summed E-state index contributed by atoms with van der Waals surface area (Å²) < 4.78 is 0. The summed E-state index contributed by atoms with van der Waals surface area (Å²) in [5.74, 6) is -6.66. The van der Waals surface area contributed by atoms with E-state index in [-0.39, 0.29) is 50.4 Å². The van der Waals surface area contributed by atoms with Crippen LogP contribution in [0.1, 0.15) is 37.7 Å². The number of hydrogen-bond acceptors (Lipinski definition) is 9. The number of aliphatic carboxylic acids is 2. The summed E-state index contributed by atoms with van der Waals surface area (Å²) in [6.07, 6.45) is -1.24. The molecule has 0 bridgehead atoms. The number of rotatable bonds is 18. The van der Waals surface area contributed by atoms with E-state index in [1.807, 2.05) is 0 Å². The van der Waals surface area contributed by atoms with Gasteiger partial charge in [0.25, 0.3) is 0 Å². The predicted octanol–water partition coefficient (Wildman–Crippen LogP) is -3.41. The molecule has 17 nitrogen and oxygen atoms in total. The van der Waals surface area contributed by atoms with E-state index in [2.05, 4.69) is 20.9 Å². The van der Waals surface area contributed by atoms with Crippen LogP contribution in [-0.2, 0) is 35.2 Å². The molecule has 1 rings (SSSR count). The summed E-state index contributed by atoms with van der Waals surface area (Å²) in [6.45, 7) is 0.0574. The lowest BCUT2D eigenvalue weighted by atomic mass is 10.0. The Kier molecular flexibility index (Phi) is 14.1. The summed E-state index contributed by atoms with van der Waals surface area (Å²) >= 11 is 0. The number of phenolic OH excluding ortho intramolecular Hbond substituents is 1. The van der Waals surface area contributed by atoms with Crippen molar-refractivity contribution in [3.63, 3.8) is 0 Å². The van der Waals surface area contributed by atoms with Crippen molar-refractivity contribution in [2.24, 2.45) is 27.9 Å². The molecule has 0 aliphatic heterocycles. The molecule has 0 saturated carbocycles. The molecular formula is C24H36N8O9. The van der Waals surface area contributed by atoms with E-state index in [1.165, 1.54) is 24.3 Å². The van der Waals surface area contributed by atoms with Crippen molar-refractivity contribution in [2.45, 2.75) is 62.7 Å². The summed E-state index contributed by atoms with van der Waals surface area (Å²) in [4.78, 5) is 76.3. The third-order valence-corrected chi connectivity index (χ3v) is 5.62. The Labute approximate surface area is 234 Å². The van der Waals surface area contributed by atoms with Crippen molar-refractivity contribution in [1.82, 2.24) is 16.0 Å². The van der Waals surface area contributed by atoms with Gasteiger partial charge in [0.2, 0.25) is 23.6 Å². The number of carboxylic acid groups (broad SMARTS) is 2. The summed E-state index contributed by atoms with van der Waals surface area (Å²) in [6, 6.07) is 0.0495. The number of phenols is 1. The zero-order chi connectivity index (χ0) is 31.1. The van der Waals surface area contributed by atoms with Gasteiger partial charge in [0.05, 0.1) is 12.5 Å². The second kappa shape index (κ2) is 16.9. The first-order chi connectivity index (χ1) is 19.2. The number of primary amides is 1. The number of amides is 4. The molecule has 1 aromatic rings. The Morgan fingerprint density at radius 2 is 1.37 bits per heavy atom. The van der Waals surface area contributed by atoms with Gasteiger partial charge in [-0.05, 0) is 37.0 Å². The highest BCUT2D eigenvalue weighted by molar-refractivity contribution is 5.94. The minimum atomic E-state index is -1.78. The number of aliphatic imine (C=N–C) groups is 1. The van der Waals surface area contributed by atoms with Crippen LogP contribution in [0.2, 0.25) is 0 Å². The van der Waals surface area contributed by atoms with Gasteiger partial charge >= 0.3 is 11.9 Å². The molecule has 41 heavy (non-hydrogen) atoms. The average molecular weight is 581 g/mol. The maximum atomic E-state index is 13.3. The first-order valence-corrected chi connectivity index (χ1v) is 12.4. The molecule has 0 saturated heterocycles. The molecule has 0 fully saturated rings. The molecule has 0 radical (unpaired) electrons. The smallest absolute Gasteiger partial charge is 0.326 e. The van der Waals surface area contributed by atoms with Gasteiger partial charge in [-0.3, -0.25) is 29.0 Å². The number of nitrogens with two attached hydrogens (primary N) is 4. The van der Waals surface area contributed by atoms with Crippen LogP contribution in [-0.4, -0.2) is 87.6 Å². The molecule has 0 heterocycles. The third-order valence-electron chi connectivity index (χ3n) is 5.62.